The number of benzene rings is 2. The lowest BCUT2D eigenvalue weighted by molar-refractivity contribution is -0.137. The van der Waals surface area contributed by atoms with Gasteiger partial charge in [-0.1, -0.05) is 12.1 Å². The van der Waals surface area contributed by atoms with Gasteiger partial charge in [0.05, 0.1) is 11.3 Å². The number of nitrogens with one attached hydrogen (secondary N) is 2. The van der Waals surface area contributed by atoms with Crippen molar-refractivity contribution in [3.05, 3.63) is 59.4 Å². The molecule has 2 aromatic carbocycles. The molecule has 2 rings (SSSR count). The molecule has 0 aromatic heterocycles. The number of aryl methyl sites for hydroxylation is 1. The third-order valence-electron chi connectivity index (χ3n) is 2.82. The third-order valence-corrected chi connectivity index (χ3v) is 3.02. The maximum atomic E-state index is 13.6. The summed E-state index contributed by atoms with van der Waals surface area (Å²) in [4.78, 5) is 0. The van der Waals surface area contributed by atoms with Gasteiger partial charge in [-0.15, -0.1) is 0 Å². The standard InChI is InChI=1S/C15H12F4N2S/c1-9-5-6-12(16)13(7-9)21-14(22)20-11-4-2-3-10(8-11)15(17,18)19/h2-8H,1H3,(H2,20,21,22). The number of alkyl halides is 3. The van der Waals surface area contributed by atoms with Gasteiger partial charge < -0.3 is 10.6 Å². The lowest BCUT2D eigenvalue weighted by atomic mass is 10.2. The van der Waals surface area contributed by atoms with Crippen LogP contribution in [0.1, 0.15) is 11.1 Å². The first kappa shape index (κ1) is 16.2. The zero-order valence-electron chi connectivity index (χ0n) is 11.5. The van der Waals surface area contributed by atoms with Gasteiger partial charge in [0.1, 0.15) is 5.82 Å². The van der Waals surface area contributed by atoms with Gasteiger partial charge in [-0.25, -0.2) is 4.39 Å². The summed E-state index contributed by atoms with van der Waals surface area (Å²) in [7, 11) is 0. The summed E-state index contributed by atoms with van der Waals surface area (Å²) in [5.41, 5.74) is 0.359. The minimum absolute atomic E-state index is 0.00354. The molecule has 0 bridgehead atoms. The zero-order chi connectivity index (χ0) is 16.3. The molecule has 7 heteroatoms. The van der Waals surface area contributed by atoms with Crippen LogP contribution in [-0.2, 0) is 6.18 Å². The van der Waals surface area contributed by atoms with Crippen molar-refractivity contribution in [2.24, 2.45) is 0 Å². The van der Waals surface area contributed by atoms with Crippen LogP contribution in [0.15, 0.2) is 42.5 Å². The Bertz CT molecular complexity index is 698. The molecule has 0 fully saturated rings. The van der Waals surface area contributed by atoms with E-state index in [1.807, 2.05) is 0 Å². The maximum absolute atomic E-state index is 13.6. The second-order valence-corrected chi connectivity index (χ2v) is 5.05. The van der Waals surface area contributed by atoms with E-state index in [4.69, 9.17) is 12.2 Å². The summed E-state index contributed by atoms with van der Waals surface area (Å²) in [6, 6.07) is 9.03. The van der Waals surface area contributed by atoms with Crippen LogP contribution < -0.4 is 10.6 Å². The number of hydrogen-bond acceptors (Lipinski definition) is 1. The predicted molar refractivity (Wildman–Crippen MR) is 82.4 cm³/mol. The van der Waals surface area contributed by atoms with Gasteiger partial charge in [0.15, 0.2) is 5.11 Å². The van der Waals surface area contributed by atoms with E-state index in [0.29, 0.717) is 0 Å². The van der Waals surface area contributed by atoms with Gasteiger partial charge in [0, 0.05) is 5.69 Å². The molecule has 0 aliphatic carbocycles. The summed E-state index contributed by atoms with van der Waals surface area (Å²) in [6.45, 7) is 1.79. The van der Waals surface area contributed by atoms with Crippen molar-refractivity contribution < 1.29 is 17.6 Å². The van der Waals surface area contributed by atoms with Gasteiger partial charge in [-0.2, -0.15) is 13.2 Å². The lowest BCUT2D eigenvalue weighted by Crippen LogP contribution is -2.20. The Labute approximate surface area is 130 Å². The molecule has 0 spiro atoms. The first-order chi connectivity index (χ1) is 10.3. The average Bonchev–Trinajstić information content (AvgIpc) is 2.42. The van der Waals surface area contributed by atoms with Crippen LogP contribution in [-0.4, -0.2) is 5.11 Å². The number of halogens is 4. The molecule has 0 saturated carbocycles. The molecule has 0 atom stereocenters. The second-order valence-electron chi connectivity index (χ2n) is 4.64. The third kappa shape index (κ3) is 4.17. The molecule has 2 nitrogen and oxygen atoms in total. The first-order valence-electron chi connectivity index (χ1n) is 6.27. The molecular formula is C15H12F4N2S. The zero-order valence-corrected chi connectivity index (χ0v) is 12.3. The maximum Gasteiger partial charge on any atom is 0.416 e. The van der Waals surface area contributed by atoms with Crippen LogP contribution in [0.25, 0.3) is 0 Å². The molecular weight excluding hydrogens is 316 g/mol. The minimum atomic E-state index is -4.44. The van der Waals surface area contributed by atoms with Crippen LogP contribution in [0.2, 0.25) is 0 Å². The van der Waals surface area contributed by atoms with Crippen molar-refractivity contribution in [1.29, 1.82) is 0 Å². The molecule has 22 heavy (non-hydrogen) atoms. The monoisotopic (exact) mass is 328 g/mol. The summed E-state index contributed by atoms with van der Waals surface area (Å²) in [6.07, 6.45) is -4.44. The van der Waals surface area contributed by atoms with Crippen LogP contribution >= 0.6 is 12.2 Å². The van der Waals surface area contributed by atoms with Crippen molar-refractivity contribution in [2.75, 3.05) is 10.6 Å². The molecule has 0 aliphatic rings. The Morgan fingerprint density at radius 2 is 1.77 bits per heavy atom. The molecule has 116 valence electrons. The van der Waals surface area contributed by atoms with Gasteiger partial charge in [0.2, 0.25) is 0 Å². The van der Waals surface area contributed by atoms with Crippen LogP contribution in [0.4, 0.5) is 28.9 Å². The van der Waals surface area contributed by atoms with Crippen molar-refractivity contribution in [3.8, 4) is 0 Å². The SMILES string of the molecule is Cc1ccc(F)c(NC(=S)Nc2cccc(C(F)(F)F)c2)c1. The van der Waals surface area contributed by atoms with Gasteiger partial charge in [0.25, 0.3) is 0 Å². The normalized spacial score (nSPS) is 11.1. The number of rotatable bonds is 2. The van der Waals surface area contributed by atoms with E-state index < -0.39 is 17.6 Å². The number of thiocarbonyl (C=S) groups is 1. The fourth-order valence-electron chi connectivity index (χ4n) is 1.79. The number of anilines is 2. The minimum Gasteiger partial charge on any atom is -0.332 e. The topological polar surface area (TPSA) is 24.1 Å². The molecule has 0 unspecified atom stereocenters. The molecule has 0 aliphatic heterocycles. The smallest absolute Gasteiger partial charge is 0.332 e. The molecule has 2 aromatic rings. The average molecular weight is 328 g/mol. The molecule has 0 amide bonds. The molecule has 0 heterocycles. The quantitative estimate of drug-likeness (QED) is 0.602. The van der Waals surface area contributed by atoms with E-state index in [-0.39, 0.29) is 16.5 Å². The molecule has 0 radical (unpaired) electrons. The fourth-order valence-corrected chi connectivity index (χ4v) is 2.02. The van der Waals surface area contributed by atoms with Crippen molar-refractivity contribution in [2.45, 2.75) is 13.1 Å². The van der Waals surface area contributed by atoms with E-state index in [0.717, 1.165) is 17.7 Å². The van der Waals surface area contributed by atoms with E-state index in [9.17, 15) is 17.6 Å². The summed E-state index contributed by atoms with van der Waals surface area (Å²) >= 11 is 4.99. The van der Waals surface area contributed by atoms with Crippen LogP contribution in [0.3, 0.4) is 0 Å². The molecule has 2 N–H and O–H groups in total. The Morgan fingerprint density at radius 1 is 1.05 bits per heavy atom. The summed E-state index contributed by atoms with van der Waals surface area (Å²) in [5, 5.41) is 5.23. The van der Waals surface area contributed by atoms with E-state index in [1.54, 1.807) is 19.1 Å². The summed E-state index contributed by atoms with van der Waals surface area (Å²) in [5.74, 6) is -0.501. The highest BCUT2D eigenvalue weighted by Gasteiger charge is 2.30. The van der Waals surface area contributed by atoms with Gasteiger partial charge in [-0.05, 0) is 55.0 Å². The van der Waals surface area contributed by atoms with Crippen molar-refractivity contribution in [1.82, 2.24) is 0 Å². The van der Waals surface area contributed by atoms with Crippen LogP contribution in [0, 0.1) is 12.7 Å². The molecule has 0 saturated heterocycles. The van der Waals surface area contributed by atoms with Crippen molar-refractivity contribution >= 4 is 28.7 Å². The predicted octanol–water partition coefficient (Wildman–Crippen LogP) is 4.96. The Kier molecular flexibility index (Phi) is 4.65. The van der Waals surface area contributed by atoms with E-state index >= 15 is 0 Å². The Hall–Kier alpha value is -2.15. The van der Waals surface area contributed by atoms with E-state index in [1.165, 1.54) is 18.2 Å². The fraction of sp³-hybridized carbons (Fsp3) is 0.133. The Morgan fingerprint density at radius 3 is 2.45 bits per heavy atom. The summed E-state index contributed by atoms with van der Waals surface area (Å²) < 4.78 is 51.5. The number of hydrogen-bond donors (Lipinski definition) is 2. The Balaban J connectivity index is 2.11. The van der Waals surface area contributed by atoms with E-state index in [2.05, 4.69) is 10.6 Å². The lowest BCUT2D eigenvalue weighted by Gasteiger charge is -2.13. The second kappa shape index (κ2) is 6.31. The first-order valence-corrected chi connectivity index (χ1v) is 6.68. The van der Waals surface area contributed by atoms with Gasteiger partial charge >= 0.3 is 6.18 Å². The van der Waals surface area contributed by atoms with Crippen LogP contribution in [0.5, 0.6) is 0 Å². The van der Waals surface area contributed by atoms with Gasteiger partial charge in [-0.3, -0.25) is 0 Å². The highest BCUT2D eigenvalue weighted by atomic mass is 32.1. The largest absolute Gasteiger partial charge is 0.416 e. The highest BCUT2D eigenvalue weighted by molar-refractivity contribution is 7.80. The highest BCUT2D eigenvalue weighted by Crippen LogP contribution is 2.30. The van der Waals surface area contributed by atoms with Crippen molar-refractivity contribution in [3.63, 3.8) is 0 Å².